The lowest BCUT2D eigenvalue weighted by Gasteiger charge is -2.41. The van der Waals surface area contributed by atoms with Gasteiger partial charge < -0.3 is 15.4 Å². The van der Waals surface area contributed by atoms with Gasteiger partial charge in [-0.15, -0.1) is 0 Å². The molecule has 1 aromatic rings. The molecule has 1 aliphatic rings. The Morgan fingerprint density at radius 2 is 1.96 bits per heavy atom. The molecular formula is C17H25N3O3. The number of piperazine rings is 1. The van der Waals surface area contributed by atoms with E-state index in [-0.39, 0.29) is 30.9 Å². The van der Waals surface area contributed by atoms with Crippen LogP contribution in [0.1, 0.15) is 17.5 Å². The van der Waals surface area contributed by atoms with E-state index in [4.69, 9.17) is 10.5 Å². The zero-order valence-electron chi connectivity index (χ0n) is 13.8. The third-order valence-electron chi connectivity index (χ3n) is 4.17. The van der Waals surface area contributed by atoms with Crippen molar-refractivity contribution in [2.45, 2.75) is 25.9 Å². The molecule has 0 radical (unpaired) electrons. The summed E-state index contributed by atoms with van der Waals surface area (Å²) < 4.78 is 4.91. The second-order valence-electron chi connectivity index (χ2n) is 6.05. The highest BCUT2D eigenvalue weighted by Crippen LogP contribution is 2.17. The molecule has 1 heterocycles. The molecule has 2 rings (SSSR count). The minimum Gasteiger partial charge on any atom is -0.375 e. The second kappa shape index (κ2) is 8.08. The van der Waals surface area contributed by atoms with E-state index in [0.717, 1.165) is 13.1 Å². The Morgan fingerprint density at radius 3 is 2.57 bits per heavy atom. The lowest BCUT2D eigenvalue weighted by Crippen LogP contribution is -2.55. The number of ether oxygens (including phenoxy) is 1. The summed E-state index contributed by atoms with van der Waals surface area (Å²) in [5.74, 6) is -0.387. The van der Waals surface area contributed by atoms with Crippen molar-refractivity contribution in [1.82, 2.24) is 9.80 Å². The first-order chi connectivity index (χ1) is 11.0. The molecule has 1 atom stereocenters. The lowest BCUT2D eigenvalue weighted by atomic mass is 10.1. The van der Waals surface area contributed by atoms with E-state index in [2.05, 4.69) is 36.1 Å². The zero-order chi connectivity index (χ0) is 16.8. The number of carbonyl (C=O) groups is 2. The normalized spacial score (nSPS) is 18.9. The Bertz CT molecular complexity index is 545. The molecule has 2 N–H and O–H groups in total. The van der Waals surface area contributed by atoms with Gasteiger partial charge in [-0.3, -0.25) is 14.5 Å². The van der Waals surface area contributed by atoms with Crippen LogP contribution in [-0.4, -0.2) is 61.0 Å². The molecule has 2 amide bonds. The molecule has 6 heteroatoms. The molecule has 126 valence electrons. The molecule has 6 nitrogen and oxygen atoms in total. The maximum Gasteiger partial charge on any atom is 0.248 e. The maximum atomic E-state index is 12.0. The molecule has 0 saturated carbocycles. The number of rotatable bonds is 6. The SMILES string of the molecule is COCC(=O)N1CCN(Cc2ccc(C)cc2)C(CC(N)=O)C1. The van der Waals surface area contributed by atoms with Crippen LogP contribution in [0.25, 0.3) is 0 Å². The van der Waals surface area contributed by atoms with Crippen molar-refractivity contribution >= 4 is 11.8 Å². The highest BCUT2D eigenvalue weighted by atomic mass is 16.5. The average molecular weight is 319 g/mol. The van der Waals surface area contributed by atoms with Crippen LogP contribution in [0.5, 0.6) is 0 Å². The molecule has 1 aromatic carbocycles. The van der Waals surface area contributed by atoms with Crippen LogP contribution in [0.2, 0.25) is 0 Å². The highest BCUT2D eigenvalue weighted by Gasteiger charge is 2.30. The van der Waals surface area contributed by atoms with Gasteiger partial charge in [-0.25, -0.2) is 0 Å². The van der Waals surface area contributed by atoms with E-state index in [9.17, 15) is 9.59 Å². The summed E-state index contributed by atoms with van der Waals surface area (Å²) in [6.07, 6.45) is 0.253. The zero-order valence-corrected chi connectivity index (χ0v) is 13.8. The first kappa shape index (κ1) is 17.4. The molecule has 1 saturated heterocycles. The Balaban J connectivity index is 2.04. The lowest BCUT2D eigenvalue weighted by molar-refractivity contribution is -0.139. The van der Waals surface area contributed by atoms with Crippen molar-refractivity contribution in [3.8, 4) is 0 Å². The van der Waals surface area contributed by atoms with Gasteiger partial charge in [0, 0.05) is 45.8 Å². The first-order valence-corrected chi connectivity index (χ1v) is 7.84. The van der Waals surface area contributed by atoms with Crippen LogP contribution in [0.3, 0.4) is 0 Å². The summed E-state index contributed by atoms with van der Waals surface area (Å²) in [6, 6.07) is 8.30. The van der Waals surface area contributed by atoms with Gasteiger partial charge in [-0.05, 0) is 12.5 Å². The van der Waals surface area contributed by atoms with Gasteiger partial charge in [0.15, 0.2) is 0 Å². The van der Waals surface area contributed by atoms with Crippen LogP contribution >= 0.6 is 0 Å². The predicted octanol–water partition coefficient (Wildman–Crippen LogP) is 0.530. The largest absolute Gasteiger partial charge is 0.375 e. The Kier molecular flexibility index (Phi) is 6.12. The summed E-state index contributed by atoms with van der Waals surface area (Å²) in [6.45, 7) is 4.76. The van der Waals surface area contributed by atoms with E-state index in [1.807, 2.05) is 0 Å². The number of hydrogen-bond donors (Lipinski definition) is 1. The third-order valence-corrected chi connectivity index (χ3v) is 4.17. The number of methoxy groups -OCH3 is 1. The first-order valence-electron chi connectivity index (χ1n) is 7.84. The van der Waals surface area contributed by atoms with Crippen LogP contribution in [0.15, 0.2) is 24.3 Å². The molecule has 0 aromatic heterocycles. The molecule has 23 heavy (non-hydrogen) atoms. The van der Waals surface area contributed by atoms with Crippen LogP contribution < -0.4 is 5.73 Å². The summed E-state index contributed by atoms with van der Waals surface area (Å²) in [5, 5.41) is 0. The minimum absolute atomic E-state index is 0.0445. The van der Waals surface area contributed by atoms with Crippen molar-refractivity contribution in [3.63, 3.8) is 0 Å². The highest BCUT2D eigenvalue weighted by molar-refractivity contribution is 5.78. The average Bonchev–Trinajstić information content (AvgIpc) is 2.51. The van der Waals surface area contributed by atoms with Gasteiger partial charge in [0.25, 0.3) is 0 Å². The summed E-state index contributed by atoms with van der Waals surface area (Å²) in [5.41, 5.74) is 7.80. The van der Waals surface area contributed by atoms with Crippen molar-refractivity contribution in [2.75, 3.05) is 33.4 Å². The molecular weight excluding hydrogens is 294 g/mol. The van der Waals surface area contributed by atoms with Crippen molar-refractivity contribution < 1.29 is 14.3 Å². The fourth-order valence-electron chi connectivity index (χ4n) is 2.90. The van der Waals surface area contributed by atoms with Crippen molar-refractivity contribution in [2.24, 2.45) is 5.73 Å². The third kappa shape index (κ3) is 5.04. The Morgan fingerprint density at radius 1 is 1.26 bits per heavy atom. The number of aryl methyl sites for hydroxylation is 1. The van der Waals surface area contributed by atoms with Crippen LogP contribution in [0, 0.1) is 6.92 Å². The standard InChI is InChI=1S/C17H25N3O3/c1-13-3-5-14(6-4-13)10-19-7-8-20(17(22)12-23-2)11-15(19)9-16(18)21/h3-6,15H,7-12H2,1-2H3,(H2,18,21). The number of hydrogen-bond acceptors (Lipinski definition) is 4. The van der Waals surface area contributed by atoms with Gasteiger partial charge in [0.1, 0.15) is 6.61 Å². The summed E-state index contributed by atoms with van der Waals surface area (Å²) in [7, 11) is 1.51. The number of nitrogens with two attached hydrogens (primary N) is 1. The fraction of sp³-hybridized carbons (Fsp3) is 0.529. The van der Waals surface area contributed by atoms with Gasteiger partial charge in [0.05, 0.1) is 0 Å². The van der Waals surface area contributed by atoms with Gasteiger partial charge in [0.2, 0.25) is 11.8 Å². The fourth-order valence-corrected chi connectivity index (χ4v) is 2.90. The van der Waals surface area contributed by atoms with Crippen LogP contribution in [-0.2, 0) is 20.9 Å². The van der Waals surface area contributed by atoms with Gasteiger partial charge in [-0.1, -0.05) is 29.8 Å². The number of primary amides is 1. The number of benzene rings is 1. The van der Waals surface area contributed by atoms with E-state index < -0.39 is 0 Å². The number of carbonyl (C=O) groups excluding carboxylic acids is 2. The second-order valence-corrected chi connectivity index (χ2v) is 6.05. The van der Waals surface area contributed by atoms with E-state index in [0.29, 0.717) is 13.1 Å². The Hall–Kier alpha value is -1.92. The smallest absolute Gasteiger partial charge is 0.248 e. The van der Waals surface area contributed by atoms with E-state index >= 15 is 0 Å². The molecule has 0 spiro atoms. The van der Waals surface area contributed by atoms with Crippen molar-refractivity contribution in [1.29, 1.82) is 0 Å². The monoisotopic (exact) mass is 319 g/mol. The number of amides is 2. The molecule has 1 aliphatic heterocycles. The maximum absolute atomic E-state index is 12.0. The molecule has 0 aliphatic carbocycles. The van der Waals surface area contributed by atoms with Gasteiger partial charge in [-0.2, -0.15) is 0 Å². The van der Waals surface area contributed by atoms with Crippen molar-refractivity contribution in [3.05, 3.63) is 35.4 Å². The van der Waals surface area contributed by atoms with E-state index in [1.165, 1.54) is 18.2 Å². The number of nitrogens with zero attached hydrogens (tertiary/aromatic N) is 2. The van der Waals surface area contributed by atoms with E-state index in [1.54, 1.807) is 4.90 Å². The quantitative estimate of drug-likeness (QED) is 0.830. The predicted molar refractivity (Wildman–Crippen MR) is 87.6 cm³/mol. The van der Waals surface area contributed by atoms with Crippen LogP contribution in [0.4, 0.5) is 0 Å². The topological polar surface area (TPSA) is 75.9 Å². The summed E-state index contributed by atoms with van der Waals surface area (Å²) in [4.78, 5) is 27.4. The molecule has 1 unspecified atom stereocenters. The minimum atomic E-state index is -0.343. The molecule has 0 bridgehead atoms. The van der Waals surface area contributed by atoms with Gasteiger partial charge >= 0.3 is 0 Å². The Labute approximate surface area is 137 Å². The molecule has 1 fully saturated rings. The summed E-state index contributed by atoms with van der Waals surface area (Å²) >= 11 is 0.